The molecule has 0 aliphatic carbocycles. The standard InChI is InChI=1S/C14H19NO2/c1-10-5-6-11-8-15(9-12(11)7-10)13(16)17-14(2,3)4/h5-7H,8-9H2,1-4H3. The molecule has 0 atom stereocenters. The van der Waals surface area contributed by atoms with Crippen molar-refractivity contribution >= 4 is 6.09 Å². The van der Waals surface area contributed by atoms with Crippen molar-refractivity contribution in [1.82, 2.24) is 4.90 Å². The van der Waals surface area contributed by atoms with Crippen LogP contribution in [0.4, 0.5) is 4.79 Å². The third-order valence-corrected chi connectivity index (χ3v) is 2.74. The average Bonchev–Trinajstić information content (AvgIpc) is 2.57. The Morgan fingerprint density at radius 3 is 2.53 bits per heavy atom. The minimum Gasteiger partial charge on any atom is -0.444 e. The fourth-order valence-electron chi connectivity index (χ4n) is 1.98. The van der Waals surface area contributed by atoms with E-state index in [4.69, 9.17) is 4.74 Å². The Labute approximate surface area is 102 Å². The van der Waals surface area contributed by atoms with Gasteiger partial charge in [-0.3, -0.25) is 4.90 Å². The Kier molecular flexibility index (Phi) is 2.86. The van der Waals surface area contributed by atoms with Crippen molar-refractivity contribution in [3.63, 3.8) is 0 Å². The highest BCUT2D eigenvalue weighted by molar-refractivity contribution is 5.69. The van der Waals surface area contributed by atoms with Crippen LogP contribution >= 0.6 is 0 Å². The Hall–Kier alpha value is -1.51. The van der Waals surface area contributed by atoms with Crippen LogP contribution in [0.5, 0.6) is 0 Å². The van der Waals surface area contributed by atoms with E-state index in [2.05, 4.69) is 25.1 Å². The van der Waals surface area contributed by atoms with Crippen LogP contribution < -0.4 is 0 Å². The zero-order valence-corrected chi connectivity index (χ0v) is 10.9. The highest BCUT2D eigenvalue weighted by Gasteiger charge is 2.27. The van der Waals surface area contributed by atoms with E-state index in [1.165, 1.54) is 16.7 Å². The van der Waals surface area contributed by atoms with Gasteiger partial charge in [-0.05, 0) is 38.8 Å². The lowest BCUT2D eigenvalue weighted by molar-refractivity contribution is 0.0242. The fraction of sp³-hybridized carbons (Fsp3) is 0.500. The maximum atomic E-state index is 11.9. The molecule has 3 heteroatoms. The summed E-state index contributed by atoms with van der Waals surface area (Å²) < 4.78 is 5.37. The Balaban J connectivity index is 2.07. The van der Waals surface area contributed by atoms with Crippen LogP contribution in [0.15, 0.2) is 18.2 Å². The molecule has 0 spiro atoms. The molecule has 1 amide bonds. The van der Waals surface area contributed by atoms with Crippen molar-refractivity contribution in [2.45, 2.75) is 46.4 Å². The lowest BCUT2D eigenvalue weighted by Gasteiger charge is -2.24. The van der Waals surface area contributed by atoms with Crippen LogP contribution in [0.25, 0.3) is 0 Å². The van der Waals surface area contributed by atoms with Crippen molar-refractivity contribution in [3.05, 3.63) is 34.9 Å². The van der Waals surface area contributed by atoms with E-state index in [9.17, 15) is 4.79 Å². The predicted octanol–water partition coefficient (Wildman–Crippen LogP) is 3.25. The van der Waals surface area contributed by atoms with Gasteiger partial charge in [0.05, 0.1) is 0 Å². The number of rotatable bonds is 0. The molecule has 0 radical (unpaired) electrons. The summed E-state index contributed by atoms with van der Waals surface area (Å²) in [4.78, 5) is 13.7. The van der Waals surface area contributed by atoms with E-state index in [1.54, 1.807) is 4.90 Å². The SMILES string of the molecule is Cc1ccc2c(c1)CN(C(=O)OC(C)(C)C)C2. The number of benzene rings is 1. The molecule has 1 aliphatic rings. The topological polar surface area (TPSA) is 29.5 Å². The number of nitrogens with zero attached hydrogens (tertiary/aromatic N) is 1. The molecule has 0 fully saturated rings. The Morgan fingerprint density at radius 2 is 1.88 bits per heavy atom. The van der Waals surface area contributed by atoms with Gasteiger partial charge in [0.2, 0.25) is 0 Å². The Morgan fingerprint density at radius 1 is 1.24 bits per heavy atom. The first-order chi connectivity index (χ1) is 7.85. The summed E-state index contributed by atoms with van der Waals surface area (Å²) in [5.41, 5.74) is 3.26. The molecule has 3 nitrogen and oxygen atoms in total. The maximum Gasteiger partial charge on any atom is 0.410 e. The van der Waals surface area contributed by atoms with Gasteiger partial charge in [0, 0.05) is 13.1 Å². The highest BCUT2D eigenvalue weighted by atomic mass is 16.6. The lowest BCUT2D eigenvalue weighted by atomic mass is 10.1. The van der Waals surface area contributed by atoms with Gasteiger partial charge in [-0.15, -0.1) is 0 Å². The zero-order valence-electron chi connectivity index (χ0n) is 10.9. The first kappa shape index (κ1) is 12.0. The number of carbonyl (C=O) groups is 1. The summed E-state index contributed by atoms with van der Waals surface area (Å²) in [7, 11) is 0. The van der Waals surface area contributed by atoms with Crippen LogP contribution in [0, 0.1) is 6.92 Å². The van der Waals surface area contributed by atoms with Gasteiger partial charge in [0.15, 0.2) is 0 Å². The molecule has 17 heavy (non-hydrogen) atoms. The van der Waals surface area contributed by atoms with Crippen molar-refractivity contribution in [1.29, 1.82) is 0 Å². The molecule has 0 N–H and O–H groups in total. The first-order valence-electron chi connectivity index (χ1n) is 5.91. The molecular formula is C14H19NO2. The molecule has 0 unspecified atom stereocenters. The van der Waals surface area contributed by atoms with Crippen molar-refractivity contribution < 1.29 is 9.53 Å². The molecule has 0 aromatic heterocycles. The number of amides is 1. The average molecular weight is 233 g/mol. The third-order valence-electron chi connectivity index (χ3n) is 2.74. The zero-order chi connectivity index (χ0) is 12.6. The van der Waals surface area contributed by atoms with E-state index in [0.717, 1.165) is 0 Å². The quantitative estimate of drug-likeness (QED) is 0.688. The molecule has 1 aromatic carbocycles. The second-order valence-electron chi connectivity index (χ2n) is 5.61. The number of carbonyl (C=O) groups excluding carboxylic acids is 1. The predicted molar refractivity (Wildman–Crippen MR) is 66.7 cm³/mol. The molecule has 1 aromatic rings. The minimum absolute atomic E-state index is 0.230. The molecule has 1 aliphatic heterocycles. The maximum absolute atomic E-state index is 11.9. The van der Waals surface area contributed by atoms with Crippen molar-refractivity contribution in [3.8, 4) is 0 Å². The normalized spacial score (nSPS) is 14.7. The summed E-state index contributed by atoms with van der Waals surface area (Å²) in [5.74, 6) is 0. The van der Waals surface area contributed by atoms with Crippen LogP contribution in [0.1, 0.15) is 37.5 Å². The van der Waals surface area contributed by atoms with Gasteiger partial charge >= 0.3 is 6.09 Å². The number of ether oxygens (including phenoxy) is 1. The smallest absolute Gasteiger partial charge is 0.410 e. The third kappa shape index (κ3) is 2.78. The molecule has 92 valence electrons. The minimum atomic E-state index is -0.429. The first-order valence-corrected chi connectivity index (χ1v) is 5.91. The van der Waals surface area contributed by atoms with Gasteiger partial charge in [-0.25, -0.2) is 4.79 Å². The van der Waals surface area contributed by atoms with Crippen LogP contribution in [0.3, 0.4) is 0 Å². The monoisotopic (exact) mass is 233 g/mol. The second kappa shape index (κ2) is 4.06. The summed E-state index contributed by atoms with van der Waals surface area (Å²) in [6.07, 6.45) is -0.230. The van der Waals surface area contributed by atoms with Gasteiger partial charge in [-0.1, -0.05) is 23.8 Å². The largest absolute Gasteiger partial charge is 0.444 e. The van der Waals surface area contributed by atoms with Crippen LogP contribution in [-0.4, -0.2) is 16.6 Å². The number of hydrogen-bond donors (Lipinski definition) is 0. The van der Waals surface area contributed by atoms with E-state index < -0.39 is 5.60 Å². The van der Waals surface area contributed by atoms with E-state index in [1.807, 2.05) is 20.8 Å². The van der Waals surface area contributed by atoms with Crippen molar-refractivity contribution in [2.75, 3.05) is 0 Å². The molecule has 0 saturated carbocycles. The molecule has 1 heterocycles. The second-order valence-corrected chi connectivity index (χ2v) is 5.61. The molecule has 0 bridgehead atoms. The summed E-state index contributed by atoms with van der Waals surface area (Å²) >= 11 is 0. The molecular weight excluding hydrogens is 214 g/mol. The number of fused-ring (bicyclic) bond motifs is 1. The summed E-state index contributed by atoms with van der Waals surface area (Å²) in [5, 5.41) is 0. The summed E-state index contributed by atoms with van der Waals surface area (Å²) in [6.45, 7) is 9.04. The number of aryl methyl sites for hydroxylation is 1. The van der Waals surface area contributed by atoms with Crippen molar-refractivity contribution in [2.24, 2.45) is 0 Å². The highest BCUT2D eigenvalue weighted by Crippen LogP contribution is 2.25. The Bertz CT molecular complexity index is 446. The van der Waals surface area contributed by atoms with E-state index in [-0.39, 0.29) is 6.09 Å². The summed E-state index contributed by atoms with van der Waals surface area (Å²) in [6, 6.07) is 6.31. The van der Waals surface area contributed by atoms with E-state index >= 15 is 0 Å². The fourth-order valence-corrected chi connectivity index (χ4v) is 1.98. The van der Waals surface area contributed by atoms with Crippen LogP contribution in [0.2, 0.25) is 0 Å². The van der Waals surface area contributed by atoms with Gasteiger partial charge in [-0.2, -0.15) is 0 Å². The van der Waals surface area contributed by atoms with Gasteiger partial charge in [0.1, 0.15) is 5.60 Å². The molecule has 0 saturated heterocycles. The van der Waals surface area contributed by atoms with Gasteiger partial charge in [0.25, 0.3) is 0 Å². The number of hydrogen-bond acceptors (Lipinski definition) is 2. The van der Waals surface area contributed by atoms with E-state index in [0.29, 0.717) is 13.1 Å². The van der Waals surface area contributed by atoms with Gasteiger partial charge < -0.3 is 4.74 Å². The van der Waals surface area contributed by atoms with Crippen LogP contribution in [-0.2, 0) is 17.8 Å². The molecule has 2 rings (SSSR count). The lowest BCUT2D eigenvalue weighted by Crippen LogP contribution is -2.33.